The minimum atomic E-state index is -3.39. The predicted molar refractivity (Wildman–Crippen MR) is 99.2 cm³/mol. The van der Waals surface area contributed by atoms with Gasteiger partial charge in [0.1, 0.15) is 10.5 Å². The van der Waals surface area contributed by atoms with Crippen molar-refractivity contribution in [2.75, 3.05) is 17.6 Å². The highest BCUT2D eigenvalue weighted by Crippen LogP contribution is 2.22. The van der Waals surface area contributed by atoms with E-state index in [2.05, 4.69) is 16.1 Å². The molecule has 1 aromatic heterocycles. The van der Waals surface area contributed by atoms with Crippen LogP contribution in [-0.2, 0) is 15.6 Å². The van der Waals surface area contributed by atoms with Crippen molar-refractivity contribution >= 4 is 33.0 Å². The Hall–Kier alpha value is -1.74. The van der Waals surface area contributed by atoms with E-state index in [4.69, 9.17) is 0 Å². The highest BCUT2D eigenvalue weighted by Gasteiger charge is 2.25. The number of nitrogens with one attached hydrogen (secondary N) is 2. The maximum absolute atomic E-state index is 12.0. The van der Waals surface area contributed by atoms with Crippen LogP contribution in [0.5, 0.6) is 0 Å². The molecule has 1 radical (unpaired) electrons. The number of anilines is 1. The molecular formula is C17H21N2O4S2. The Morgan fingerprint density at radius 2 is 2.00 bits per heavy atom. The van der Waals surface area contributed by atoms with E-state index in [-0.39, 0.29) is 18.2 Å². The second-order valence-electron chi connectivity index (χ2n) is 5.84. The third-order valence-electron chi connectivity index (χ3n) is 3.55. The molecule has 0 aliphatic rings. The number of carbonyl (C=O) groups is 1. The number of rotatable bonds is 8. The van der Waals surface area contributed by atoms with E-state index >= 15 is 0 Å². The molecule has 0 aliphatic heterocycles. The lowest BCUT2D eigenvalue weighted by Crippen LogP contribution is -2.39. The van der Waals surface area contributed by atoms with E-state index < -0.39 is 15.6 Å². The predicted octanol–water partition coefficient (Wildman–Crippen LogP) is 2.34. The van der Waals surface area contributed by atoms with E-state index in [9.17, 15) is 18.3 Å². The average molecular weight is 381 g/mol. The van der Waals surface area contributed by atoms with Crippen molar-refractivity contribution in [1.82, 2.24) is 4.72 Å². The van der Waals surface area contributed by atoms with Crippen LogP contribution in [0, 0.1) is 6.07 Å². The van der Waals surface area contributed by atoms with Crippen molar-refractivity contribution in [2.24, 2.45) is 0 Å². The van der Waals surface area contributed by atoms with Crippen molar-refractivity contribution in [2.45, 2.75) is 25.9 Å². The van der Waals surface area contributed by atoms with Gasteiger partial charge in [0.05, 0.1) is 5.75 Å². The molecule has 2 aromatic rings. The molecule has 0 spiro atoms. The van der Waals surface area contributed by atoms with Crippen LogP contribution < -0.4 is 10.0 Å². The molecule has 0 fully saturated rings. The molecule has 1 heterocycles. The van der Waals surface area contributed by atoms with Gasteiger partial charge in [-0.15, -0.1) is 11.3 Å². The van der Waals surface area contributed by atoms with Crippen LogP contribution >= 0.6 is 11.3 Å². The first-order valence-corrected chi connectivity index (χ1v) is 10.3. The third kappa shape index (κ3) is 5.64. The first-order chi connectivity index (χ1) is 11.7. The molecule has 1 amide bonds. The Labute approximate surface area is 151 Å². The van der Waals surface area contributed by atoms with Crippen molar-refractivity contribution < 1.29 is 18.3 Å². The maximum atomic E-state index is 12.0. The van der Waals surface area contributed by atoms with Crippen LogP contribution in [-0.4, -0.2) is 31.7 Å². The minimum absolute atomic E-state index is 0.0216. The summed E-state index contributed by atoms with van der Waals surface area (Å²) in [7, 11) is -3.39. The zero-order chi connectivity index (χ0) is 18.5. The summed E-state index contributed by atoms with van der Waals surface area (Å²) < 4.78 is 25.9. The number of benzene rings is 1. The summed E-state index contributed by atoms with van der Waals surface area (Å²) in [6.07, 6.45) is 0.507. The van der Waals surface area contributed by atoms with Crippen LogP contribution in [0.25, 0.3) is 0 Å². The van der Waals surface area contributed by atoms with Crippen LogP contribution in [0.1, 0.15) is 35.5 Å². The van der Waals surface area contributed by atoms with Gasteiger partial charge in [-0.1, -0.05) is 19.1 Å². The molecular weight excluding hydrogens is 360 g/mol. The molecule has 6 nitrogen and oxygen atoms in total. The third-order valence-corrected chi connectivity index (χ3v) is 5.89. The molecule has 25 heavy (non-hydrogen) atoms. The average Bonchev–Trinajstić information content (AvgIpc) is 3.08. The zero-order valence-corrected chi connectivity index (χ0v) is 15.7. The molecule has 1 aromatic carbocycles. The van der Waals surface area contributed by atoms with Gasteiger partial charge in [-0.3, -0.25) is 4.79 Å². The number of aliphatic hydroxyl groups is 1. The summed E-state index contributed by atoms with van der Waals surface area (Å²) in [6.45, 7) is 3.19. The van der Waals surface area contributed by atoms with E-state index in [0.29, 0.717) is 22.5 Å². The van der Waals surface area contributed by atoms with E-state index in [1.54, 1.807) is 42.6 Å². The van der Waals surface area contributed by atoms with Crippen LogP contribution in [0.2, 0.25) is 0 Å². The van der Waals surface area contributed by atoms with Crippen LogP contribution in [0.15, 0.2) is 35.7 Å². The Morgan fingerprint density at radius 3 is 2.56 bits per heavy atom. The van der Waals surface area contributed by atoms with E-state index in [1.165, 1.54) is 18.3 Å². The van der Waals surface area contributed by atoms with Gasteiger partial charge in [-0.05, 0) is 42.5 Å². The lowest BCUT2D eigenvalue weighted by atomic mass is 9.96. The summed E-state index contributed by atoms with van der Waals surface area (Å²) in [5.74, 6) is -0.227. The molecule has 0 bridgehead atoms. The van der Waals surface area contributed by atoms with Crippen molar-refractivity contribution in [1.29, 1.82) is 0 Å². The summed E-state index contributed by atoms with van der Waals surface area (Å²) in [5, 5.41) is 15.0. The lowest BCUT2D eigenvalue weighted by molar-refractivity contribution is 0.0628. The second kappa shape index (κ2) is 8.09. The first-order valence-electron chi connectivity index (χ1n) is 7.80. The molecule has 0 saturated carbocycles. The molecule has 2 rings (SSSR count). The SMILES string of the molecule is CCCS(=O)(=O)NCC(C)(O)c1ccc(NC(=O)c2[c]ccs2)cc1. The van der Waals surface area contributed by atoms with Crippen molar-refractivity contribution in [3.63, 3.8) is 0 Å². The number of hydrogen-bond donors (Lipinski definition) is 3. The van der Waals surface area contributed by atoms with Gasteiger partial charge >= 0.3 is 0 Å². The van der Waals surface area contributed by atoms with E-state index in [0.717, 1.165) is 0 Å². The Bertz CT molecular complexity index is 798. The van der Waals surface area contributed by atoms with Gasteiger partial charge < -0.3 is 10.4 Å². The van der Waals surface area contributed by atoms with Gasteiger partial charge in [-0.2, -0.15) is 0 Å². The smallest absolute Gasteiger partial charge is 0.266 e. The summed E-state index contributed by atoms with van der Waals surface area (Å²) in [5.41, 5.74) is -0.226. The highest BCUT2D eigenvalue weighted by atomic mass is 32.2. The fourth-order valence-electron chi connectivity index (χ4n) is 2.16. The summed E-state index contributed by atoms with van der Waals surface area (Å²) in [6, 6.07) is 11.1. The molecule has 0 saturated heterocycles. The fraction of sp³-hybridized carbons (Fsp3) is 0.353. The van der Waals surface area contributed by atoms with Gasteiger partial charge in [-0.25, -0.2) is 13.1 Å². The molecule has 1 atom stereocenters. The number of hydrogen-bond acceptors (Lipinski definition) is 5. The first kappa shape index (κ1) is 19.6. The van der Waals surface area contributed by atoms with Gasteiger partial charge in [0.15, 0.2) is 0 Å². The van der Waals surface area contributed by atoms with Gasteiger partial charge in [0.2, 0.25) is 10.0 Å². The monoisotopic (exact) mass is 381 g/mol. The largest absolute Gasteiger partial charge is 0.384 e. The van der Waals surface area contributed by atoms with E-state index in [1.807, 2.05) is 0 Å². The van der Waals surface area contributed by atoms with Crippen molar-refractivity contribution in [3.05, 3.63) is 52.2 Å². The van der Waals surface area contributed by atoms with Gasteiger partial charge in [0, 0.05) is 18.3 Å². The lowest BCUT2D eigenvalue weighted by Gasteiger charge is -2.24. The zero-order valence-electron chi connectivity index (χ0n) is 14.1. The van der Waals surface area contributed by atoms with Crippen LogP contribution in [0.3, 0.4) is 0 Å². The molecule has 1 unspecified atom stereocenters. The summed E-state index contributed by atoms with van der Waals surface area (Å²) >= 11 is 1.30. The Balaban J connectivity index is 2.01. The Kier molecular flexibility index (Phi) is 6.34. The molecule has 135 valence electrons. The number of sulfonamides is 1. The quantitative estimate of drug-likeness (QED) is 0.654. The van der Waals surface area contributed by atoms with Gasteiger partial charge in [0.25, 0.3) is 5.91 Å². The maximum Gasteiger partial charge on any atom is 0.266 e. The van der Waals surface area contributed by atoms with Crippen LogP contribution in [0.4, 0.5) is 5.69 Å². The number of amides is 1. The summed E-state index contributed by atoms with van der Waals surface area (Å²) in [4.78, 5) is 12.5. The Morgan fingerprint density at radius 1 is 1.32 bits per heavy atom. The standard InChI is InChI=1S/C17H21N2O4S2/c1-3-11-25(22,23)18-12-17(2,21)13-6-8-14(9-7-13)19-16(20)15-5-4-10-24-15/h4,6-10,18,21H,3,11-12H2,1-2H3,(H,19,20). The number of thiophene rings is 1. The highest BCUT2D eigenvalue weighted by molar-refractivity contribution is 7.89. The fourth-order valence-corrected chi connectivity index (χ4v) is 3.91. The topological polar surface area (TPSA) is 95.5 Å². The molecule has 3 N–H and O–H groups in total. The second-order valence-corrected chi connectivity index (χ2v) is 8.68. The van der Waals surface area contributed by atoms with Crippen molar-refractivity contribution in [3.8, 4) is 0 Å². The minimum Gasteiger partial charge on any atom is -0.384 e. The number of carbonyl (C=O) groups excluding carboxylic acids is 1. The molecule has 8 heteroatoms. The molecule has 0 aliphatic carbocycles. The normalized spacial score (nSPS) is 14.0.